The molecule has 100 valence electrons. The summed E-state index contributed by atoms with van der Waals surface area (Å²) in [5.41, 5.74) is 6.71. The van der Waals surface area contributed by atoms with Crippen LogP contribution in [0.5, 0.6) is 0 Å². The van der Waals surface area contributed by atoms with E-state index in [9.17, 15) is 4.79 Å². The van der Waals surface area contributed by atoms with Crippen molar-refractivity contribution in [3.8, 4) is 0 Å². The minimum atomic E-state index is -0.334. The lowest BCUT2D eigenvalue weighted by Crippen LogP contribution is -2.27. The summed E-state index contributed by atoms with van der Waals surface area (Å²) in [7, 11) is 1.85. The fourth-order valence-corrected chi connectivity index (χ4v) is 1.84. The Morgan fingerprint density at radius 2 is 2.26 bits per heavy atom. The van der Waals surface area contributed by atoms with E-state index in [4.69, 9.17) is 17.3 Å². The largest absolute Gasteiger partial charge is 0.384 e. The van der Waals surface area contributed by atoms with Gasteiger partial charge in [-0.1, -0.05) is 11.6 Å². The lowest BCUT2D eigenvalue weighted by molar-refractivity contribution is 0.0949. The molecule has 2 aromatic heterocycles. The van der Waals surface area contributed by atoms with Crippen LogP contribution in [-0.2, 0) is 13.5 Å². The summed E-state index contributed by atoms with van der Waals surface area (Å²) in [6, 6.07) is 5.01. The van der Waals surface area contributed by atoms with E-state index in [-0.39, 0.29) is 22.4 Å². The number of nitrogen functional groups attached to an aromatic ring is 1. The van der Waals surface area contributed by atoms with Crippen molar-refractivity contribution in [3.05, 3.63) is 40.8 Å². The summed E-state index contributed by atoms with van der Waals surface area (Å²) < 4.78 is 1.76. The molecule has 1 amide bonds. The molecule has 0 atom stereocenters. The molecule has 3 N–H and O–H groups in total. The Morgan fingerprint density at radius 3 is 2.95 bits per heavy atom. The maximum absolute atomic E-state index is 11.9. The molecule has 0 spiro atoms. The molecule has 6 nitrogen and oxygen atoms in total. The average molecular weight is 280 g/mol. The van der Waals surface area contributed by atoms with E-state index in [1.54, 1.807) is 23.0 Å². The van der Waals surface area contributed by atoms with Crippen LogP contribution in [0.2, 0.25) is 5.02 Å². The summed E-state index contributed by atoms with van der Waals surface area (Å²) in [6.45, 7) is 0.477. The lowest BCUT2D eigenvalue weighted by Gasteiger charge is -2.07. The number of amides is 1. The van der Waals surface area contributed by atoms with Gasteiger partial charge in [-0.05, 0) is 18.2 Å². The Labute approximate surface area is 115 Å². The van der Waals surface area contributed by atoms with E-state index >= 15 is 0 Å². The first-order valence-electron chi connectivity index (χ1n) is 5.75. The van der Waals surface area contributed by atoms with Crippen LogP contribution in [0.1, 0.15) is 16.2 Å². The van der Waals surface area contributed by atoms with E-state index in [0.717, 1.165) is 5.69 Å². The number of carbonyl (C=O) groups excluding carboxylic acids is 1. The summed E-state index contributed by atoms with van der Waals surface area (Å²) >= 11 is 5.90. The van der Waals surface area contributed by atoms with Gasteiger partial charge in [-0.3, -0.25) is 9.48 Å². The number of carbonyl (C=O) groups is 1. The van der Waals surface area contributed by atoms with Crippen LogP contribution in [0.3, 0.4) is 0 Å². The van der Waals surface area contributed by atoms with E-state index < -0.39 is 0 Å². The number of rotatable bonds is 4. The first-order valence-corrected chi connectivity index (χ1v) is 6.13. The number of aryl methyl sites for hydroxylation is 1. The SMILES string of the molecule is Cn1nccc1CCNC(=O)c1nc(N)ccc1Cl. The number of hydrogen-bond donors (Lipinski definition) is 2. The average Bonchev–Trinajstić information content (AvgIpc) is 2.78. The molecule has 2 heterocycles. The Bertz CT molecular complexity index is 596. The van der Waals surface area contributed by atoms with Crippen molar-refractivity contribution in [2.75, 3.05) is 12.3 Å². The topological polar surface area (TPSA) is 85.8 Å². The van der Waals surface area contributed by atoms with Gasteiger partial charge in [0, 0.05) is 31.9 Å². The van der Waals surface area contributed by atoms with Crippen molar-refractivity contribution < 1.29 is 4.79 Å². The molecule has 0 radical (unpaired) electrons. The molecule has 0 saturated heterocycles. The van der Waals surface area contributed by atoms with Crippen molar-refractivity contribution >= 4 is 23.3 Å². The molecule has 7 heteroatoms. The van der Waals surface area contributed by atoms with Gasteiger partial charge >= 0.3 is 0 Å². The van der Waals surface area contributed by atoms with Gasteiger partial charge in [0.1, 0.15) is 11.5 Å². The van der Waals surface area contributed by atoms with Gasteiger partial charge in [-0.25, -0.2) is 4.98 Å². The number of aromatic nitrogens is 3. The second-order valence-electron chi connectivity index (χ2n) is 4.02. The van der Waals surface area contributed by atoms with Crippen LogP contribution in [-0.4, -0.2) is 27.2 Å². The van der Waals surface area contributed by atoms with Crippen LogP contribution in [0.4, 0.5) is 5.82 Å². The molecule has 2 aromatic rings. The van der Waals surface area contributed by atoms with Gasteiger partial charge in [-0.2, -0.15) is 5.10 Å². The van der Waals surface area contributed by atoms with Crippen LogP contribution < -0.4 is 11.1 Å². The smallest absolute Gasteiger partial charge is 0.271 e. The Hall–Kier alpha value is -2.08. The van der Waals surface area contributed by atoms with Crippen LogP contribution in [0, 0.1) is 0 Å². The fraction of sp³-hybridized carbons (Fsp3) is 0.250. The van der Waals surface area contributed by atoms with Crippen molar-refractivity contribution in [1.29, 1.82) is 0 Å². The number of halogens is 1. The molecule has 2 rings (SSSR count). The summed E-state index contributed by atoms with van der Waals surface area (Å²) in [6.07, 6.45) is 2.40. The maximum Gasteiger partial charge on any atom is 0.271 e. The molecule has 0 saturated carbocycles. The zero-order chi connectivity index (χ0) is 13.8. The van der Waals surface area contributed by atoms with E-state index in [0.29, 0.717) is 13.0 Å². The summed E-state index contributed by atoms with van der Waals surface area (Å²) in [5, 5.41) is 7.09. The number of anilines is 1. The third-order valence-corrected chi connectivity index (χ3v) is 2.98. The van der Waals surface area contributed by atoms with Gasteiger partial charge in [0.2, 0.25) is 0 Å². The van der Waals surface area contributed by atoms with E-state index in [1.165, 1.54) is 0 Å². The van der Waals surface area contributed by atoms with Crippen molar-refractivity contribution in [1.82, 2.24) is 20.1 Å². The molecule has 0 bridgehead atoms. The summed E-state index contributed by atoms with van der Waals surface area (Å²) in [4.78, 5) is 15.8. The first kappa shape index (κ1) is 13.4. The number of nitrogens with zero attached hydrogens (tertiary/aromatic N) is 3. The highest BCUT2D eigenvalue weighted by Gasteiger charge is 2.12. The Kier molecular flexibility index (Phi) is 4.01. The number of hydrogen-bond acceptors (Lipinski definition) is 4. The zero-order valence-corrected chi connectivity index (χ0v) is 11.2. The number of nitrogens with two attached hydrogens (primary N) is 1. The van der Waals surface area contributed by atoms with Gasteiger partial charge in [0.05, 0.1) is 5.02 Å². The van der Waals surface area contributed by atoms with Crippen molar-refractivity contribution in [2.45, 2.75) is 6.42 Å². The first-order chi connectivity index (χ1) is 9.08. The van der Waals surface area contributed by atoms with Gasteiger partial charge < -0.3 is 11.1 Å². The zero-order valence-electron chi connectivity index (χ0n) is 10.4. The number of nitrogens with one attached hydrogen (secondary N) is 1. The molecule has 0 fully saturated rings. The quantitative estimate of drug-likeness (QED) is 0.875. The Morgan fingerprint density at radius 1 is 1.47 bits per heavy atom. The van der Waals surface area contributed by atoms with Gasteiger partial charge in [0.15, 0.2) is 0 Å². The molecule has 0 aliphatic heterocycles. The lowest BCUT2D eigenvalue weighted by atomic mass is 10.3. The monoisotopic (exact) mass is 279 g/mol. The van der Waals surface area contributed by atoms with Crippen LogP contribution in [0.15, 0.2) is 24.4 Å². The van der Waals surface area contributed by atoms with E-state index in [2.05, 4.69) is 15.4 Å². The predicted molar refractivity (Wildman–Crippen MR) is 72.9 cm³/mol. The molecular formula is C12H14ClN5O. The molecule has 0 unspecified atom stereocenters. The van der Waals surface area contributed by atoms with Crippen LogP contribution in [0.25, 0.3) is 0 Å². The highest BCUT2D eigenvalue weighted by molar-refractivity contribution is 6.33. The molecule has 0 aromatic carbocycles. The standard InChI is InChI=1S/C12H14ClN5O/c1-18-8(5-7-16-18)4-6-15-12(19)11-9(13)2-3-10(14)17-11/h2-3,5,7H,4,6H2,1H3,(H2,14,17)(H,15,19). The van der Waals surface area contributed by atoms with Crippen molar-refractivity contribution in [3.63, 3.8) is 0 Å². The minimum absolute atomic E-state index is 0.145. The molecular weight excluding hydrogens is 266 g/mol. The highest BCUT2D eigenvalue weighted by Crippen LogP contribution is 2.14. The van der Waals surface area contributed by atoms with Gasteiger partial charge in [-0.15, -0.1) is 0 Å². The molecule has 0 aliphatic rings. The van der Waals surface area contributed by atoms with E-state index in [1.807, 2.05) is 13.1 Å². The highest BCUT2D eigenvalue weighted by atomic mass is 35.5. The van der Waals surface area contributed by atoms with Crippen LogP contribution >= 0.6 is 11.6 Å². The van der Waals surface area contributed by atoms with Gasteiger partial charge in [0.25, 0.3) is 5.91 Å². The fourth-order valence-electron chi connectivity index (χ4n) is 1.65. The third-order valence-electron chi connectivity index (χ3n) is 2.67. The number of pyridine rings is 1. The molecule has 0 aliphatic carbocycles. The minimum Gasteiger partial charge on any atom is -0.384 e. The third kappa shape index (κ3) is 3.23. The maximum atomic E-state index is 11.9. The summed E-state index contributed by atoms with van der Waals surface area (Å²) in [5.74, 6) is -0.0688. The Balaban J connectivity index is 1.94. The molecule has 19 heavy (non-hydrogen) atoms. The second kappa shape index (κ2) is 5.71. The second-order valence-corrected chi connectivity index (χ2v) is 4.43. The predicted octanol–water partition coefficient (Wildman–Crippen LogP) is 1.02. The van der Waals surface area contributed by atoms with Crippen molar-refractivity contribution in [2.24, 2.45) is 7.05 Å². The normalized spacial score (nSPS) is 10.4.